The quantitative estimate of drug-likeness (QED) is 0.772. The molecule has 0 radical (unpaired) electrons. The van der Waals surface area contributed by atoms with E-state index in [4.69, 9.17) is 15.7 Å². The summed E-state index contributed by atoms with van der Waals surface area (Å²) in [6.45, 7) is 3.63. The number of rotatable bonds is 2. The number of aryl methyl sites for hydroxylation is 1. The molecule has 0 aliphatic heterocycles. The lowest BCUT2D eigenvalue weighted by Gasteiger charge is -2.19. The van der Waals surface area contributed by atoms with Gasteiger partial charge in [0.05, 0.1) is 13.2 Å². The first-order chi connectivity index (χ1) is 6.51. The Hall–Kier alpha value is -1.53. The van der Waals surface area contributed by atoms with Crippen LogP contribution in [0.5, 0.6) is 5.75 Å². The Morgan fingerprint density at radius 1 is 1.50 bits per heavy atom. The summed E-state index contributed by atoms with van der Waals surface area (Å²) in [5.74, 6) is 0.655. The minimum atomic E-state index is -1.00. The van der Waals surface area contributed by atoms with E-state index in [1.54, 1.807) is 14.0 Å². The van der Waals surface area contributed by atoms with Crippen molar-refractivity contribution < 1.29 is 4.74 Å². The van der Waals surface area contributed by atoms with Gasteiger partial charge in [-0.3, -0.25) is 0 Å². The van der Waals surface area contributed by atoms with Gasteiger partial charge < -0.3 is 10.5 Å². The van der Waals surface area contributed by atoms with Crippen LogP contribution >= 0.6 is 0 Å². The molecule has 0 saturated carbocycles. The molecule has 1 rings (SSSR count). The van der Waals surface area contributed by atoms with Crippen LogP contribution in [-0.2, 0) is 5.54 Å². The zero-order valence-corrected chi connectivity index (χ0v) is 8.66. The summed E-state index contributed by atoms with van der Waals surface area (Å²) in [5, 5.41) is 8.93. The number of nitriles is 1. The van der Waals surface area contributed by atoms with Crippen molar-refractivity contribution >= 4 is 0 Å². The highest BCUT2D eigenvalue weighted by Crippen LogP contribution is 2.28. The second-order valence-electron chi connectivity index (χ2n) is 3.52. The Labute approximate surface area is 84.1 Å². The van der Waals surface area contributed by atoms with Gasteiger partial charge in [0.2, 0.25) is 0 Å². The van der Waals surface area contributed by atoms with E-state index in [1.807, 2.05) is 25.1 Å². The zero-order chi connectivity index (χ0) is 10.8. The molecule has 3 heteroatoms. The minimum absolute atomic E-state index is 0.655. The van der Waals surface area contributed by atoms with E-state index in [0.29, 0.717) is 5.75 Å². The number of ether oxygens (including phenoxy) is 1. The molecule has 0 saturated heterocycles. The summed E-state index contributed by atoms with van der Waals surface area (Å²) in [6, 6.07) is 7.69. The smallest absolute Gasteiger partial charge is 0.130 e. The largest absolute Gasteiger partial charge is 0.496 e. The van der Waals surface area contributed by atoms with Crippen LogP contribution in [0, 0.1) is 18.3 Å². The second-order valence-corrected chi connectivity index (χ2v) is 3.52. The molecular formula is C11H14N2O. The minimum Gasteiger partial charge on any atom is -0.496 e. The van der Waals surface area contributed by atoms with Crippen LogP contribution in [0.3, 0.4) is 0 Å². The molecule has 74 valence electrons. The Balaban J connectivity index is 3.32. The van der Waals surface area contributed by atoms with Crippen molar-refractivity contribution in [3.05, 3.63) is 29.3 Å². The third-order valence-electron chi connectivity index (χ3n) is 2.15. The fraction of sp³-hybridized carbons (Fsp3) is 0.364. The van der Waals surface area contributed by atoms with Crippen molar-refractivity contribution in [1.82, 2.24) is 0 Å². The van der Waals surface area contributed by atoms with Gasteiger partial charge in [0.15, 0.2) is 0 Å². The molecule has 1 atom stereocenters. The number of benzene rings is 1. The Morgan fingerprint density at radius 2 is 2.14 bits per heavy atom. The van der Waals surface area contributed by atoms with Gasteiger partial charge in [-0.15, -0.1) is 0 Å². The number of nitrogens with two attached hydrogens (primary N) is 1. The Bertz CT molecular complexity index is 377. The molecule has 0 amide bonds. The molecule has 0 aliphatic rings. The fourth-order valence-corrected chi connectivity index (χ4v) is 1.29. The standard InChI is InChI=1S/C11H14N2O/c1-8-4-5-10(14-3)9(6-8)11(2,13)7-12/h4-6H,13H2,1-3H3. The predicted molar refractivity (Wildman–Crippen MR) is 54.9 cm³/mol. The molecule has 3 nitrogen and oxygen atoms in total. The van der Waals surface area contributed by atoms with Crippen molar-refractivity contribution in [3.8, 4) is 11.8 Å². The topological polar surface area (TPSA) is 59.0 Å². The third kappa shape index (κ3) is 1.86. The number of hydrogen-bond donors (Lipinski definition) is 1. The molecule has 2 N–H and O–H groups in total. The van der Waals surface area contributed by atoms with Gasteiger partial charge in [-0.05, 0) is 26.0 Å². The van der Waals surface area contributed by atoms with Crippen molar-refractivity contribution in [2.75, 3.05) is 7.11 Å². The molecule has 1 aromatic rings. The lowest BCUT2D eigenvalue weighted by molar-refractivity contribution is 0.401. The SMILES string of the molecule is COc1ccc(C)cc1C(C)(N)C#N. The number of hydrogen-bond acceptors (Lipinski definition) is 3. The molecule has 1 unspecified atom stereocenters. The Kier molecular flexibility index (Phi) is 2.78. The van der Waals surface area contributed by atoms with Crippen molar-refractivity contribution in [2.45, 2.75) is 19.4 Å². The monoisotopic (exact) mass is 190 g/mol. The highest BCUT2D eigenvalue weighted by atomic mass is 16.5. The van der Waals surface area contributed by atoms with E-state index in [9.17, 15) is 0 Å². The van der Waals surface area contributed by atoms with Gasteiger partial charge in [0, 0.05) is 5.56 Å². The van der Waals surface area contributed by atoms with E-state index in [-0.39, 0.29) is 0 Å². The van der Waals surface area contributed by atoms with Gasteiger partial charge >= 0.3 is 0 Å². The predicted octanol–water partition coefficient (Wildman–Crippen LogP) is 1.70. The van der Waals surface area contributed by atoms with E-state index in [0.717, 1.165) is 11.1 Å². The van der Waals surface area contributed by atoms with Gasteiger partial charge in [-0.25, -0.2) is 0 Å². The molecule has 0 fully saturated rings. The summed E-state index contributed by atoms with van der Waals surface area (Å²) >= 11 is 0. The Morgan fingerprint density at radius 3 is 2.64 bits per heavy atom. The molecular weight excluding hydrogens is 176 g/mol. The van der Waals surface area contributed by atoms with E-state index in [2.05, 4.69) is 6.07 Å². The lowest BCUT2D eigenvalue weighted by atomic mass is 9.92. The first kappa shape index (κ1) is 10.6. The second kappa shape index (κ2) is 3.69. The lowest BCUT2D eigenvalue weighted by Crippen LogP contribution is -2.31. The molecule has 0 aromatic heterocycles. The summed E-state index contributed by atoms with van der Waals surface area (Å²) in [5.41, 5.74) is 6.63. The van der Waals surface area contributed by atoms with Gasteiger partial charge in [-0.2, -0.15) is 5.26 Å². The van der Waals surface area contributed by atoms with E-state index < -0.39 is 5.54 Å². The summed E-state index contributed by atoms with van der Waals surface area (Å²) in [7, 11) is 1.57. The number of nitrogens with zero attached hydrogens (tertiary/aromatic N) is 1. The third-order valence-corrected chi connectivity index (χ3v) is 2.15. The van der Waals surface area contributed by atoms with E-state index >= 15 is 0 Å². The maximum absolute atomic E-state index is 8.93. The van der Waals surface area contributed by atoms with Crippen molar-refractivity contribution in [1.29, 1.82) is 5.26 Å². The van der Waals surface area contributed by atoms with E-state index in [1.165, 1.54) is 0 Å². The highest BCUT2D eigenvalue weighted by Gasteiger charge is 2.24. The summed E-state index contributed by atoms with van der Waals surface area (Å²) in [4.78, 5) is 0. The van der Waals surface area contributed by atoms with Crippen LogP contribution in [0.15, 0.2) is 18.2 Å². The van der Waals surface area contributed by atoms with Gasteiger partial charge in [0.1, 0.15) is 11.3 Å². The summed E-state index contributed by atoms with van der Waals surface area (Å²) < 4.78 is 5.16. The highest BCUT2D eigenvalue weighted by molar-refractivity contribution is 5.44. The fourth-order valence-electron chi connectivity index (χ4n) is 1.29. The zero-order valence-electron chi connectivity index (χ0n) is 8.66. The maximum Gasteiger partial charge on any atom is 0.130 e. The van der Waals surface area contributed by atoms with Crippen LogP contribution in [0.1, 0.15) is 18.1 Å². The maximum atomic E-state index is 8.93. The van der Waals surface area contributed by atoms with Crippen LogP contribution in [0.25, 0.3) is 0 Å². The molecule has 0 spiro atoms. The van der Waals surface area contributed by atoms with Crippen LogP contribution in [0.2, 0.25) is 0 Å². The van der Waals surface area contributed by atoms with Gasteiger partial charge in [0.25, 0.3) is 0 Å². The van der Waals surface area contributed by atoms with Crippen molar-refractivity contribution in [2.24, 2.45) is 5.73 Å². The average Bonchev–Trinajstić information content (AvgIpc) is 2.18. The van der Waals surface area contributed by atoms with Crippen LogP contribution in [-0.4, -0.2) is 7.11 Å². The molecule has 0 bridgehead atoms. The number of methoxy groups -OCH3 is 1. The van der Waals surface area contributed by atoms with Crippen LogP contribution < -0.4 is 10.5 Å². The first-order valence-electron chi connectivity index (χ1n) is 4.36. The molecule has 0 aliphatic carbocycles. The first-order valence-corrected chi connectivity index (χ1v) is 4.36. The van der Waals surface area contributed by atoms with Crippen LogP contribution in [0.4, 0.5) is 0 Å². The normalized spacial score (nSPS) is 14.2. The molecule has 0 heterocycles. The van der Waals surface area contributed by atoms with Crippen molar-refractivity contribution in [3.63, 3.8) is 0 Å². The average molecular weight is 190 g/mol. The van der Waals surface area contributed by atoms with Gasteiger partial charge in [-0.1, -0.05) is 11.6 Å². The molecule has 1 aromatic carbocycles. The summed E-state index contributed by atoms with van der Waals surface area (Å²) in [6.07, 6.45) is 0. The molecule has 14 heavy (non-hydrogen) atoms.